The third-order valence-corrected chi connectivity index (χ3v) is 2.74. The Morgan fingerprint density at radius 3 is 2.44 bits per heavy atom. The molecule has 1 aliphatic heterocycles. The van der Waals surface area contributed by atoms with Crippen molar-refractivity contribution in [3.05, 3.63) is 34.9 Å². The maximum atomic E-state index is 11.4. The minimum Gasteiger partial charge on any atom is -0.376 e. The molecule has 0 aliphatic carbocycles. The highest BCUT2D eigenvalue weighted by molar-refractivity contribution is 6.30. The Labute approximate surface area is 97.4 Å². The first-order chi connectivity index (χ1) is 7.58. The highest BCUT2D eigenvalue weighted by atomic mass is 35.5. The minimum atomic E-state index is -1.48. The third-order valence-electron chi connectivity index (χ3n) is 2.48. The van der Waals surface area contributed by atoms with Crippen molar-refractivity contribution in [1.29, 1.82) is 0 Å². The smallest absolute Gasteiger partial charge is 0.259 e. The van der Waals surface area contributed by atoms with Crippen molar-refractivity contribution < 1.29 is 14.7 Å². The molecule has 0 bridgehead atoms. The van der Waals surface area contributed by atoms with E-state index in [1.54, 1.807) is 24.3 Å². The molecule has 1 unspecified atom stereocenters. The van der Waals surface area contributed by atoms with Gasteiger partial charge in [0.25, 0.3) is 5.91 Å². The van der Waals surface area contributed by atoms with E-state index < -0.39 is 17.8 Å². The molecule has 1 N–H and O–H groups in total. The lowest BCUT2D eigenvalue weighted by Gasteiger charge is -2.14. The predicted molar refractivity (Wildman–Crippen MR) is 57.9 cm³/mol. The zero-order valence-electron chi connectivity index (χ0n) is 8.39. The first kappa shape index (κ1) is 11.1. The van der Waals surface area contributed by atoms with Gasteiger partial charge in [-0.1, -0.05) is 23.7 Å². The predicted octanol–water partition coefficient (Wildman–Crippen LogP) is 0.612. The van der Waals surface area contributed by atoms with Crippen LogP contribution in [0.25, 0.3) is 0 Å². The maximum Gasteiger partial charge on any atom is 0.259 e. The van der Waals surface area contributed by atoms with Crippen LogP contribution in [0.3, 0.4) is 0 Å². The Morgan fingerprint density at radius 1 is 1.31 bits per heavy atom. The van der Waals surface area contributed by atoms with Crippen LogP contribution in [0.15, 0.2) is 24.3 Å². The first-order valence-corrected chi connectivity index (χ1v) is 5.20. The fourth-order valence-corrected chi connectivity index (χ4v) is 1.73. The zero-order valence-corrected chi connectivity index (χ0v) is 9.15. The van der Waals surface area contributed by atoms with E-state index in [0.717, 1.165) is 5.56 Å². The molecule has 84 valence electrons. The molecule has 1 saturated heterocycles. The molecule has 5 heteroatoms. The maximum absolute atomic E-state index is 11.4. The fourth-order valence-electron chi connectivity index (χ4n) is 1.61. The van der Waals surface area contributed by atoms with Crippen molar-refractivity contribution in [2.24, 2.45) is 0 Å². The molecular formula is C11H10ClNO3. The number of carbonyl (C=O) groups is 2. The number of amides is 1. The van der Waals surface area contributed by atoms with Gasteiger partial charge in [-0.15, -0.1) is 0 Å². The van der Waals surface area contributed by atoms with Gasteiger partial charge in [-0.2, -0.15) is 0 Å². The van der Waals surface area contributed by atoms with Gasteiger partial charge in [-0.25, -0.2) is 0 Å². The first-order valence-electron chi connectivity index (χ1n) is 4.82. The summed E-state index contributed by atoms with van der Waals surface area (Å²) in [6.45, 7) is 0.293. The molecule has 4 nitrogen and oxygen atoms in total. The van der Waals surface area contributed by atoms with Gasteiger partial charge in [0.1, 0.15) is 0 Å². The van der Waals surface area contributed by atoms with Gasteiger partial charge in [0.05, 0.1) is 6.54 Å². The van der Waals surface area contributed by atoms with Gasteiger partial charge in [0, 0.05) is 11.6 Å². The second-order valence-corrected chi connectivity index (χ2v) is 4.13. The second-order valence-electron chi connectivity index (χ2n) is 3.69. The summed E-state index contributed by atoms with van der Waals surface area (Å²) < 4.78 is 0. The minimum absolute atomic E-state index is 0.0252. The van der Waals surface area contributed by atoms with Gasteiger partial charge in [-0.3, -0.25) is 9.59 Å². The van der Waals surface area contributed by atoms with E-state index in [1.807, 2.05) is 0 Å². The number of benzene rings is 1. The van der Waals surface area contributed by atoms with Gasteiger partial charge < -0.3 is 10.0 Å². The van der Waals surface area contributed by atoms with Crippen molar-refractivity contribution in [1.82, 2.24) is 4.90 Å². The molecule has 1 aromatic carbocycles. The largest absolute Gasteiger partial charge is 0.376 e. The molecule has 1 amide bonds. The summed E-state index contributed by atoms with van der Waals surface area (Å²) in [5.74, 6) is -0.973. The van der Waals surface area contributed by atoms with Crippen LogP contribution in [0.2, 0.25) is 5.02 Å². The van der Waals surface area contributed by atoms with E-state index in [2.05, 4.69) is 0 Å². The molecular weight excluding hydrogens is 230 g/mol. The summed E-state index contributed by atoms with van der Waals surface area (Å²) in [6, 6.07) is 7.00. The summed E-state index contributed by atoms with van der Waals surface area (Å²) in [5.41, 5.74) is 0.875. The van der Waals surface area contributed by atoms with E-state index in [4.69, 9.17) is 11.6 Å². The topological polar surface area (TPSA) is 57.6 Å². The Balaban J connectivity index is 2.09. The van der Waals surface area contributed by atoms with Crippen LogP contribution in [0.5, 0.6) is 0 Å². The molecule has 1 fully saturated rings. The summed E-state index contributed by atoms with van der Waals surface area (Å²) in [7, 11) is 0. The van der Waals surface area contributed by atoms with Crippen LogP contribution in [-0.4, -0.2) is 34.3 Å². The van der Waals surface area contributed by atoms with Crippen LogP contribution in [0.4, 0.5) is 0 Å². The summed E-state index contributed by atoms with van der Waals surface area (Å²) in [5, 5.41) is 9.82. The van der Waals surface area contributed by atoms with Gasteiger partial charge in [0.15, 0.2) is 11.9 Å². The van der Waals surface area contributed by atoms with Crippen LogP contribution < -0.4 is 0 Å². The number of ketones is 1. The van der Waals surface area contributed by atoms with Crippen molar-refractivity contribution in [2.45, 2.75) is 12.6 Å². The average Bonchev–Trinajstić information content (AvgIpc) is 2.50. The number of likely N-dealkylation sites (tertiary alicyclic amines) is 1. The van der Waals surface area contributed by atoms with Gasteiger partial charge >= 0.3 is 0 Å². The number of Topliss-reactive ketones (excluding diaryl/α,β-unsaturated/α-hetero) is 1. The summed E-state index contributed by atoms with van der Waals surface area (Å²) in [6.07, 6.45) is -1.48. The summed E-state index contributed by atoms with van der Waals surface area (Å²) >= 11 is 5.73. The molecule has 2 rings (SSSR count). The molecule has 1 aromatic rings. The lowest BCUT2D eigenvalue weighted by Crippen LogP contribution is -2.29. The van der Waals surface area contributed by atoms with Crippen molar-refractivity contribution in [3.63, 3.8) is 0 Å². The third kappa shape index (κ3) is 2.08. The van der Waals surface area contributed by atoms with Crippen LogP contribution in [0, 0.1) is 0 Å². The monoisotopic (exact) mass is 239 g/mol. The average molecular weight is 240 g/mol. The molecule has 0 spiro atoms. The van der Waals surface area contributed by atoms with Crippen LogP contribution in [-0.2, 0) is 16.1 Å². The SMILES string of the molecule is O=C1CN(Cc2ccc(Cl)cc2)C(=O)C1O. The van der Waals surface area contributed by atoms with E-state index in [9.17, 15) is 14.7 Å². The molecule has 1 atom stereocenters. The quantitative estimate of drug-likeness (QED) is 0.770. The van der Waals surface area contributed by atoms with E-state index in [1.165, 1.54) is 4.90 Å². The highest BCUT2D eigenvalue weighted by Crippen LogP contribution is 2.15. The van der Waals surface area contributed by atoms with Gasteiger partial charge in [0.2, 0.25) is 0 Å². The zero-order chi connectivity index (χ0) is 11.7. The number of aliphatic hydroxyl groups excluding tert-OH is 1. The van der Waals surface area contributed by atoms with E-state index in [0.29, 0.717) is 11.6 Å². The highest BCUT2D eigenvalue weighted by Gasteiger charge is 2.37. The fraction of sp³-hybridized carbons (Fsp3) is 0.273. The number of halogens is 1. The summed E-state index contributed by atoms with van der Waals surface area (Å²) in [4.78, 5) is 23.9. The number of hydrogen-bond donors (Lipinski definition) is 1. The Morgan fingerprint density at radius 2 is 1.94 bits per heavy atom. The molecule has 16 heavy (non-hydrogen) atoms. The van der Waals surface area contributed by atoms with E-state index >= 15 is 0 Å². The normalized spacial score (nSPS) is 20.6. The number of aliphatic hydroxyl groups is 1. The van der Waals surface area contributed by atoms with Crippen LogP contribution >= 0.6 is 11.6 Å². The molecule has 0 aromatic heterocycles. The van der Waals surface area contributed by atoms with Crippen molar-refractivity contribution in [3.8, 4) is 0 Å². The Bertz CT molecular complexity index is 429. The number of hydrogen-bond acceptors (Lipinski definition) is 3. The molecule has 0 saturated carbocycles. The molecule has 1 aliphatic rings. The molecule has 0 radical (unpaired) electrons. The second kappa shape index (κ2) is 4.23. The standard InChI is InChI=1S/C11H10ClNO3/c12-8-3-1-7(2-4-8)5-13-6-9(14)10(15)11(13)16/h1-4,10,15H,5-6H2. The van der Waals surface area contributed by atoms with Gasteiger partial charge in [-0.05, 0) is 17.7 Å². The Hall–Kier alpha value is -1.39. The number of nitrogens with zero attached hydrogens (tertiary/aromatic N) is 1. The molecule has 1 heterocycles. The van der Waals surface area contributed by atoms with Crippen molar-refractivity contribution in [2.75, 3.05) is 6.54 Å². The van der Waals surface area contributed by atoms with Crippen molar-refractivity contribution >= 4 is 23.3 Å². The lowest BCUT2D eigenvalue weighted by molar-refractivity contribution is -0.137. The number of rotatable bonds is 2. The van der Waals surface area contributed by atoms with E-state index in [-0.39, 0.29) is 6.54 Å². The number of carbonyl (C=O) groups excluding carboxylic acids is 2. The Kier molecular flexibility index (Phi) is 2.94. The lowest BCUT2D eigenvalue weighted by atomic mass is 10.2. The van der Waals surface area contributed by atoms with Crippen LogP contribution in [0.1, 0.15) is 5.56 Å².